The Morgan fingerprint density at radius 1 is 1.23 bits per heavy atom. The van der Waals surface area contributed by atoms with E-state index in [1.54, 1.807) is 19.9 Å². The molecule has 3 fully saturated rings. The summed E-state index contributed by atoms with van der Waals surface area (Å²) >= 11 is 0.960. The molecule has 1 spiro atoms. The average Bonchev–Trinajstić information content (AvgIpc) is 3.74. The Kier molecular flexibility index (Phi) is 7.48. The van der Waals surface area contributed by atoms with E-state index in [0.29, 0.717) is 24.5 Å². The molecular formula is C33H38N2O7S. The van der Waals surface area contributed by atoms with E-state index >= 15 is 0 Å². The van der Waals surface area contributed by atoms with Crippen LogP contribution in [0.1, 0.15) is 62.2 Å². The molecule has 1 amide bonds. The number of aliphatic hydroxyl groups is 2. The van der Waals surface area contributed by atoms with Crippen LogP contribution in [0.3, 0.4) is 0 Å². The lowest BCUT2D eigenvalue weighted by atomic mass is 9.75. The van der Waals surface area contributed by atoms with E-state index in [9.17, 15) is 24.6 Å². The number of epoxide rings is 1. The molecule has 1 saturated heterocycles. The molecule has 3 N–H and O–H groups in total. The fourth-order valence-corrected chi connectivity index (χ4v) is 8.05. The number of anilines is 1. The number of nitrogens with zero attached hydrogens (tertiary/aromatic N) is 1. The highest BCUT2D eigenvalue weighted by Gasteiger charge is 2.68. The van der Waals surface area contributed by atoms with Crippen molar-refractivity contribution < 1.29 is 34.1 Å². The van der Waals surface area contributed by atoms with E-state index in [1.807, 2.05) is 36.4 Å². The maximum atomic E-state index is 13.9. The highest BCUT2D eigenvalue weighted by molar-refractivity contribution is 7.17. The number of ketones is 1. The standard InChI is InChI=1S/C33H38N2O7S/c1-18-14-22-21(31(22,3)4)12-13-32(17-41-32)28(25-26(37)19(2)15-33(25,40)27(18)38)42-29(39)23-16-34-30(43-23)35-24(36)11-10-20-8-6-5-7-9-20/h5-11,14,16,19,21-22,25-26,28,37,40H,12-13,15,17H2,1-4H3,(H,34,35,36)/b11-10+,18-14+/t19-,21-,22+,25+,26-,28+,32-,33+/m0/s1. The highest BCUT2D eigenvalue weighted by atomic mass is 32.1. The maximum absolute atomic E-state index is 13.9. The first-order valence-electron chi connectivity index (χ1n) is 14.8. The summed E-state index contributed by atoms with van der Waals surface area (Å²) in [6.07, 6.45) is 5.64. The number of hydrogen-bond acceptors (Lipinski definition) is 9. The second-order valence-corrected chi connectivity index (χ2v) is 14.3. The van der Waals surface area contributed by atoms with Crippen LogP contribution in [0.5, 0.6) is 0 Å². The Balaban J connectivity index is 1.25. The van der Waals surface area contributed by atoms with Crippen LogP contribution in [0.15, 0.2) is 54.3 Å². The van der Waals surface area contributed by atoms with E-state index in [0.717, 1.165) is 23.3 Å². The zero-order valence-corrected chi connectivity index (χ0v) is 25.6. The Bertz CT molecular complexity index is 1490. The van der Waals surface area contributed by atoms with Crippen LogP contribution in [-0.4, -0.2) is 62.9 Å². The minimum Gasteiger partial charge on any atom is -0.454 e. The van der Waals surface area contributed by atoms with Crippen molar-refractivity contribution in [2.45, 2.75) is 70.4 Å². The van der Waals surface area contributed by atoms with Crippen molar-refractivity contribution in [3.63, 3.8) is 0 Å². The summed E-state index contributed by atoms with van der Waals surface area (Å²) in [5, 5.41) is 26.3. The predicted octanol–water partition coefficient (Wildman–Crippen LogP) is 4.42. The van der Waals surface area contributed by atoms with Gasteiger partial charge >= 0.3 is 5.97 Å². The molecule has 1 aromatic heterocycles. The Hall–Kier alpha value is -3.18. The van der Waals surface area contributed by atoms with Gasteiger partial charge in [0.1, 0.15) is 22.2 Å². The maximum Gasteiger partial charge on any atom is 0.350 e. The lowest BCUT2D eigenvalue weighted by molar-refractivity contribution is -0.151. The van der Waals surface area contributed by atoms with Gasteiger partial charge in [0.15, 0.2) is 10.9 Å². The molecule has 0 unspecified atom stereocenters. The van der Waals surface area contributed by atoms with Crippen LogP contribution in [0, 0.1) is 29.1 Å². The lowest BCUT2D eigenvalue weighted by Gasteiger charge is -2.38. The first kappa shape index (κ1) is 29.9. The van der Waals surface area contributed by atoms with E-state index in [2.05, 4.69) is 24.1 Å². The largest absolute Gasteiger partial charge is 0.454 e. The molecule has 2 aromatic rings. The third-order valence-corrected chi connectivity index (χ3v) is 11.0. The zero-order chi connectivity index (χ0) is 30.7. The summed E-state index contributed by atoms with van der Waals surface area (Å²) in [4.78, 5) is 44.2. The van der Waals surface area contributed by atoms with Crippen molar-refractivity contribution in [2.24, 2.45) is 29.1 Å². The quantitative estimate of drug-likeness (QED) is 0.258. The molecule has 1 aromatic carbocycles. The summed E-state index contributed by atoms with van der Waals surface area (Å²) in [7, 11) is 0. The van der Waals surface area contributed by atoms with E-state index < -0.39 is 52.9 Å². The summed E-state index contributed by atoms with van der Waals surface area (Å²) in [6, 6.07) is 9.38. The van der Waals surface area contributed by atoms with Crippen molar-refractivity contribution in [3.05, 3.63) is 64.7 Å². The van der Waals surface area contributed by atoms with Gasteiger partial charge in [-0.3, -0.25) is 14.9 Å². The van der Waals surface area contributed by atoms with Gasteiger partial charge < -0.3 is 19.7 Å². The second-order valence-electron chi connectivity index (χ2n) is 13.2. The molecule has 2 saturated carbocycles. The van der Waals surface area contributed by atoms with Crippen molar-refractivity contribution in [1.29, 1.82) is 0 Å². The molecule has 9 nitrogen and oxygen atoms in total. The SMILES string of the molecule is C/C1=C\[C@@H]2[C@H](CC[C@]3(CO3)[C@H](OC(=O)c3cnc(NC(=O)/C=C/c4ccccc4)s3)[C@H]3[C@@H](O)[C@@H](C)C[C@]3(O)C1=O)C2(C)C. The topological polar surface area (TPSA) is 138 Å². The van der Waals surface area contributed by atoms with Crippen LogP contribution < -0.4 is 5.32 Å². The molecule has 8 atom stereocenters. The van der Waals surface area contributed by atoms with Crippen LogP contribution >= 0.6 is 11.3 Å². The molecule has 6 rings (SSSR count). The number of esters is 1. The fourth-order valence-electron chi connectivity index (χ4n) is 7.35. The molecule has 3 aliphatic carbocycles. The first-order valence-corrected chi connectivity index (χ1v) is 15.7. The van der Waals surface area contributed by atoms with Gasteiger partial charge in [0.25, 0.3) is 0 Å². The number of carbonyl (C=O) groups excluding carboxylic acids is 3. The number of aromatic nitrogens is 1. The summed E-state index contributed by atoms with van der Waals surface area (Å²) in [5.74, 6) is -2.49. The van der Waals surface area contributed by atoms with E-state index in [1.165, 1.54) is 12.3 Å². The van der Waals surface area contributed by atoms with Crippen LogP contribution in [0.25, 0.3) is 6.08 Å². The molecule has 4 aliphatic rings. The minimum absolute atomic E-state index is 0.00719. The number of thiazole rings is 1. The summed E-state index contributed by atoms with van der Waals surface area (Å²) in [5.41, 5.74) is -1.48. The summed E-state index contributed by atoms with van der Waals surface area (Å²) < 4.78 is 12.1. The van der Waals surface area contributed by atoms with Crippen LogP contribution in [0.2, 0.25) is 0 Å². The third kappa shape index (κ3) is 5.39. The average molecular weight is 607 g/mol. The normalized spacial score (nSPS) is 37.5. The molecule has 0 bridgehead atoms. The van der Waals surface area contributed by atoms with Gasteiger partial charge in [-0.25, -0.2) is 9.78 Å². The summed E-state index contributed by atoms with van der Waals surface area (Å²) in [6.45, 7) is 8.17. The van der Waals surface area contributed by atoms with Crippen molar-refractivity contribution in [3.8, 4) is 0 Å². The molecule has 228 valence electrons. The number of benzene rings is 1. The first-order chi connectivity index (χ1) is 20.4. The van der Waals surface area contributed by atoms with Crippen LogP contribution in [-0.2, 0) is 19.1 Å². The molecule has 0 radical (unpaired) electrons. The number of hydrogen-bond donors (Lipinski definition) is 3. The van der Waals surface area contributed by atoms with Crippen molar-refractivity contribution in [2.75, 3.05) is 11.9 Å². The molecule has 1 aliphatic heterocycles. The number of carbonyl (C=O) groups is 3. The number of ether oxygens (including phenoxy) is 2. The van der Waals surface area contributed by atoms with Crippen molar-refractivity contribution in [1.82, 2.24) is 4.98 Å². The lowest BCUT2D eigenvalue weighted by Crippen LogP contribution is -2.56. The molecule has 2 heterocycles. The van der Waals surface area contributed by atoms with Gasteiger partial charge in [-0.15, -0.1) is 0 Å². The minimum atomic E-state index is -1.92. The Morgan fingerprint density at radius 2 is 1.95 bits per heavy atom. The molecule has 43 heavy (non-hydrogen) atoms. The van der Waals surface area contributed by atoms with E-state index in [4.69, 9.17) is 9.47 Å². The Labute approximate surface area is 255 Å². The van der Waals surface area contributed by atoms with Gasteiger partial charge in [-0.2, -0.15) is 0 Å². The smallest absolute Gasteiger partial charge is 0.350 e. The van der Waals surface area contributed by atoms with E-state index in [-0.39, 0.29) is 27.8 Å². The third-order valence-electron chi connectivity index (χ3n) is 10.1. The Morgan fingerprint density at radius 3 is 2.65 bits per heavy atom. The fraction of sp³-hybridized carbons (Fsp3) is 0.515. The van der Waals surface area contributed by atoms with Gasteiger partial charge in [0.05, 0.1) is 24.8 Å². The number of Topliss-reactive ketones (excluding diaryl/α,β-unsaturated/α-hetero) is 1. The second kappa shape index (κ2) is 10.8. The van der Waals surface area contributed by atoms with Gasteiger partial charge in [-0.1, -0.05) is 68.5 Å². The van der Waals surface area contributed by atoms with Gasteiger partial charge in [0.2, 0.25) is 5.91 Å². The van der Waals surface area contributed by atoms with Gasteiger partial charge in [0, 0.05) is 6.08 Å². The number of nitrogens with one attached hydrogen (secondary N) is 1. The van der Waals surface area contributed by atoms with Crippen molar-refractivity contribution >= 4 is 40.2 Å². The predicted molar refractivity (Wildman–Crippen MR) is 161 cm³/mol. The monoisotopic (exact) mass is 606 g/mol. The number of fused-ring (bicyclic) bond motifs is 2. The number of rotatable bonds is 5. The molecule has 10 heteroatoms. The highest BCUT2D eigenvalue weighted by Crippen LogP contribution is 2.63. The number of amides is 1. The van der Waals surface area contributed by atoms with Gasteiger partial charge in [-0.05, 0) is 66.6 Å². The zero-order valence-electron chi connectivity index (χ0n) is 24.8. The molecular weight excluding hydrogens is 568 g/mol. The number of aliphatic hydroxyl groups excluding tert-OH is 1. The number of allylic oxidation sites excluding steroid dienone is 1. The van der Waals surface area contributed by atoms with Crippen LogP contribution in [0.4, 0.5) is 5.13 Å².